The number of anilines is 2. The monoisotopic (exact) mass is 496 g/mol. The summed E-state index contributed by atoms with van der Waals surface area (Å²) >= 11 is 0. The van der Waals surface area contributed by atoms with Crippen molar-refractivity contribution in [2.45, 2.75) is 6.92 Å². The van der Waals surface area contributed by atoms with E-state index in [0.29, 0.717) is 18.0 Å². The molecule has 2 amide bonds. The number of esters is 1. The predicted octanol–water partition coefficient (Wildman–Crippen LogP) is 4.29. The van der Waals surface area contributed by atoms with Crippen LogP contribution in [-0.2, 0) is 9.53 Å². The zero-order chi connectivity index (χ0) is 26.1. The van der Waals surface area contributed by atoms with E-state index >= 15 is 0 Å². The summed E-state index contributed by atoms with van der Waals surface area (Å²) in [4.78, 5) is 36.6. The molecule has 0 aromatic heterocycles. The third-order valence-corrected chi connectivity index (χ3v) is 4.86. The van der Waals surface area contributed by atoms with E-state index in [2.05, 4.69) is 15.4 Å². The molecule has 0 aliphatic rings. The smallest absolute Gasteiger partial charge is 0.340 e. The number of hydrogen-bond donors (Lipinski definition) is 2. The first-order valence-corrected chi connectivity index (χ1v) is 10.9. The van der Waals surface area contributed by atoms with Gasteiger partial charge in [0.2, 0.25) is 0 Å². The zero-order valence-corrected chi connectivity index (χ0v) is 19.9. The van der Waals surface area contributed by atoms with Crippen LogP contribution < -0.4 is 24.8 Å². The standard InChI is InChI=1S/C26H25FN2O7/c1-4-35-19-9-6-17(7-10-19)28-24(30)15-36-22-12-5-16(13-23(22)33-2)25(31)29-18-8-11-21(27)20(14-18)26(32)34-3/h5-14H,4,15H2,1-3H3,(H,28,30)(H,29,31). The Morgan fingerprint density at radius 1 is 0.833 bits per heavy atom. The number of carbonyl (C=O) groups is 3. The van der Waals surface area contributed by atoms with Crippen molar-refractivity contribution in [1.29, 1.82) is 0 Å². The molecule has 0 fully saturated rings. The summed E-state index contributed by atoms with van der Waals surface area (Å²) < 4.78 is 34.6. The summed E-state index contributed by atoms with van der Waals surface area (Å²) in [5.74, 6) is -1.37. The van der Waals surface area contributed by atoms with E-state index in [-0.39, 0.29) is 40.8 Å². The van der Waals surface area contributed by atoms with Gasteiger partial charge < -0.3 is 29.6 Å². The van der Waals surface area contributed by atoms with Gasteiger partial charge in [0.25, 0.3) is 11.8 Å². The molecule has 0 saturated carbocycles. The number of methoxy groups -OCH3 is 2. The fourth-order valence-corrected chi connectivity index (χ4v) is 3.14. The molecule has 0 aliphatic heterocycles. The summed E-state index contributed by atoms with van der Waals surface area (Å²) in [5, 5.41) is 5.29. The fraction of sp³-hybridized carbons (Fsp3) is 0.192. The van der Waals surface area contributed by atoms with Gasteiger partial charge in [-0.1, -0.05) is 0 Å². The van der Waals surface area contributed by atoms with Crippen LogP contribution >= 0.6 is 0 Å². The predicted molar refractivity (Wildman–Crippen MR) is 130 cm³/mol. The highest BCUT2D eigenvalue weighted by Gasteiger charge is 2.16. The number of amides is 2. The van der Waals surface area contributed by atoms with Crippen LogP contribution in [0.1, 0.15) is 27.6 Å². The van der Waals surface area contributed by atoms with Crippen molar-refractivity contribution in [1.82, 2.24) is 0 Å². The minimum atomic E-state index is -0.863. The SMILES string of the molecule is CCOc1ccc(NC(=O)COc2ccc(C(=O)Nc3ccc(F)c(C(=O)OC)c3)cc2OC)cc1. The second-order valence-electron chi connectivity index (χ2n) is 7.30. The number of nitrogens with one attached hydrogen (secondary N) is 2. The van der Waals surface area contributed by atoms with Gasteiger partial charge in [-0.05, 0) is 67.6 Å². The number of ether oxygens (including phenoxy) is 4. The Bertz CT molecular complexity index is 1250. The molecule has 0 radical (unpaired) electrons. The van der Waals surface area contributed by atoms with E-state index in [1.165, 1.54) is 37.4 Å². The molecule has 0 atom stereocenters. The molecule has 188 valence electrons. The Morgan fingerprint density at radius 2 is 1.56 bits per heavy atom. The Hall–Kier alpha value is -4.60. The lowest BCUT2D eigenvalue weighted by Gasteiger charge is -2.13. The van der Waals surface area contributed by atoms with Crippen LogP contribution in [0.4, 0.5) is 15.8 Å². The zero-order valence-electron chi connectivity index (χ0n) is 19.9. The van der Waals surface area contributed by atoms with Crippen molar-refractivity contribution < 1.29 is 37.7 Å². The van der Waals surface area contributed by atoms with Crippen LogP contribution in [0.25, 0.3) is 0 Å². The number of rotatable bonds is 10. The van der Waals surface area contributed by atoms with Gasteiger partial charge in [-0.25, -0.2) is 9.18 Å². The third kappa shape index (κ3) is 6.72. The van der Waals surface area contributed by atoms with E-state index in [0.717, 1.165) is 13.2 Å². The summed E-state index contributed by atoms with van der Waals surface area (Å²) in [5.41, 5.74) is 0.691. The first-order chi connectivity index (χ1) is 17.3. The van der Waals surface area contributed by atoms with E-state index < -0.39 is 17.7 Å². The summed E-state index contributed by atoms with van der Waals surface area (Å²) in [6, 6.07) is 14.9. The second kappa shape index (κ2) is 12.2. The lowest BCUT2D eigenvalue weighted by Crippen LogP contribution is -2.20. The molecule has 10 heteroatoms. The van der Waals surface area contributed by atoms with Crippen LogP contribution in [-0.4, -0.2) is 45.2 Å². The maximum atomic E-state index is 13.8. The number of carbonyl (C=O) groups excluding carboxylic acids is 3. The molecule has 3 rings (SSSR count). The number of benzene rings is 3. The van der Waals surface area contributed by atoms with Crippen molar-refractivity contribution in [3.63, 3.8) is 0 Å². The van der Waals surface area contributed by atoms with E-state index in [1.54, 1.807) is 24.3 Å². The second-order valence-corrected chi connectivity index (χ2v) is 7.30. The molecule has 2 N–H and O–H groups in total. The number of hydrogen-bond acceptors (Lipinski definition) is 7. The van der Waals surface area contributed by atoms with Gasteiger partial charge in [-0.2, -0.15) is 0 Å². The van der Waals surface area contributed by atoms with Crippen molar-refractivity contribution in [2.24, 2.45) is 0 Å². The third-order valence-electron chi connectivity index (χ3n) is 4.86. The van der Waals surface area contributed by atoms with Gasteiger partial charge in [-0.15, -0.1) is 0 Å². The molecular weight excluding hydrogens is 471 g/mol. The van der Waals surface area contributed by atoms with Crippen LogP contribution in [0.5, 0.6) is 17.2 Å². The Balaban J connectivity index is 1.63. The molecule has 9 nitrogen and oxygen atoms in total. The maximum absolute atomic E-state index is 13.8. The van der Waals surface area contributed by atoms with E-state index in [9.17, 15) is 18.8 Å². The minimum Gasteiger partial charge on any atom is -0.494 e. The Kier molecular flexibility index (Phi) is 8.82. The Morgan fingerprint density at radius 3 is 2.22 bits per heavy atom. The first kappa shape index (κ1) is 26.0. The lowest BCUT2D eigenvalue weighted by atomic mass is 10.1. The molecule has 36 heavy (non-hydrogen) atoms. The molecule has 0 saturated heterocycles. The topological polar surface area (TPSA) is 112 Å². The Labute approximate surface area is 207 Å². The van der Waals surface area contributed by atoms with Gasteiger partial charge in [0.1, 0.15) is 11.6 Å². The highest BCUT2D eigenvalue weighted by Crippen LogP contribution is 2.29. The molecule has 0 spiro atoms. The number of halogens is 1. The molecular formula is C26H25FN2O7. The molecule has 0 heterocycles. The van der Waals surface area contributed by atoms with Crippen molar-refractivity contribution in [3.05, 3.63) is 77.6 Å². The van der Waals surface area contributed by atoms with E-state index in [1.807, 2.05) is 6.92 Å². The van der Waals surface area contributed by atoms with Crippen molar-refractivity contribution in [3.8, 4) is 17.2 Å². The first-order valence-electron chi connectivity index (χ1n) is 10.9. The quantitative estimate of drug-likeness (QED) is 0.403. The highest BCUT2D eigenvalue weighted by molar-refractivity contribution is 6.05. The highest BCUT2D eigenvalue weighted by atomic mass is 19.1. The average molecular weight is 496 g/mol. The normalized spacial score (nSPS) is 10.2. The summed E-state index contributed by atoms with van der Waals surface area (Å²) in [7, 11) is 2.53. The lowest BCUT2D eigenvalue weighted by molar-refractivity contribution is -0.118. The molecule has 3 aromatic carbocycles. The molecule has 0 aliphatic carbocycles. The molecule has 0 unspecified atom stereocenters. The van der Waals surface area contributed by atoms with Gasteiger partial charge in [0, 0.05) is 16.9 Å². The van der Waals surface area contributed by atoms with Crippen LogP contribution in [0.2, 0.25) is 0 Å². The largest absolute Gasteiger partial charge is 0.494 e. The van der Waals surface area contributed by atoms with Gasteiger partial charge in [-0.3, -0.25) is 9.59 Å². The molecule has 0 bridgehead atoms. The van der Waals surface area contributed by atoms with Crippen LogP contribution in [0, 0.1) is 5.82 Å². The average Bonchev–Trinajstić information content (AvgIpc) is 2.89. The van der Waals surface area contributed by atoms with Gasteiger partial charge in [0.05, 0.1) is 26.4 Å². The van der Waals surface area contributed by atoms with Gasteiger partial charge >= 0.3 is 5.97 Å². The van der Waals surface area contributed by atoms with Gasteiger partial charge in [0.15, 0.2) is 18.1 Å². The van der Waals surface area contributed by atoms with Crippen LogP contribution in [0.3, 0.4) is 0 Å². The van der Waals surface area contributed by atoms with Crippen molar-refractivity contribution >= 4 is 29.2 Å². The fourth-order valence-electron chi connectivity index (χ4n) is 3.14. The molecule has 3 aromatic rings. The van der Waals surface area contributed by atoms with E-state index in [4.69, 9.17) is 14.2 Å². The summed E-state index contributed by atoms with van der Waals surface area (Å²) in [6.45, 7) is 2.14. The minimum absolute atomic E-state index is 0.201. The van der Waals surface area contributed by atoms with Crippen molar-refractivity contribution in [2.75, 3.05) is 38.1 Å². The maximum Gasteiger partial charge on any atom is 0.340 e. The summed E-state index contributed by atoms with van der Waals surface area (Å²) in [6.07, 6.45) is 0. The van der Waals surface area contributed by atoms with Crippen LogP contribution in [0.15, 0.2) is 60.7 Å².